The summed E-state index contributed by atoms with van der Waals surface area (Å²) in [5.41, 5.74) is 1.19. The second-order valence-corrected chi connectivity index (χ2v) is 6.51. The molecule has 25 heavy (non-hydrogen) atoms. The molecule has 1 heterocycles. The number of rotatable bonds is 7. The van der Waals surface area contributed by atoms with Crippen molar-refractivity contribution in [3.63, 3.8) is 0 Å². The molecule has 0 bridgehead atoms. The number of aromatic nitrogens is 1. The van der Waals surface area contributed by atoms with Crippen molar-refractivity contribution in [3.8, 4) is 23.1 Å². The van der Waals surface area contributed by atoms with Crippen LogP contribution in [0.15, 0.2) is 33.7 Å². The van der Waals surface area contributed by atoms with Crippen LogP contribution in [-0.2, 0) is 0 Å². The number of ether oxygens (including phenoxy) is 1. The van der Waals surface area contributed by atoms with E-state index in [1.807, 2.05) is 24.3 Å². The van der Waals surface area contributed by atoms with E-state index in [1.165, 1.54) is 19.3 Å². The van der Waals surface area contributed by atoms with Gasteiger partial charge in [-0.05, 0) is 43.5 Å². The SMILES string of the molecule is CCCCOc1ccc(-c2nc(C=NC3CCCCC3)c(O)o2)cc1. The Kier molecular flexibility index (Phi) is 6.09. The molecule has 1 fully saturated rings. The number of unbranched alkanes of at least 4 members (excludes halogenated alkanes) is 1. The van der Waals surface area contributed by atoms with Crippen molar-refractivity contribution < 1.29 is 14.3 Å². The van der Waals surface area contributed by atoms with Crippen molar-refractivity contribution in [1.82, 2.24) is 4.98 Å². The van der Waals surface area contributed by atoms with Gasteiger partial charge in [-0.2, -0.15) is 0 Å². The van der Waals surface area contributed by atoms with Gasteiger partial charge >= 0.3 is 5.95 Å². The monoisotopic (exact) mass is 342 g/mol. The maximum Gasteiger partial charge on any atom is 0.312 e. The van der Waals surface area contributed by atoms with Crippen LogP contribution in [0.4, 0.5) is 0 Å². The third-order valence-corrected chi connectivity index (χ3v) is 4.48. The summed E-state index contributed by atoms with van der Waals surface area (Å²) in [6, 6.07) is 7.89. The number of hydrogen-bond donors (Lipinski definition) is 1. The summed E-state index contributed by atoms with van der Waals surface area (Å²) in [5, 5.41) is 9.97. The molecule has 5 heteroatoms. The molecule has 3 rings (SSSR count). The minimum absolute atomic E-state index is 0.183. The van der Waals surface area contributed by atoms with E-state index >= 15 is 0 Å². The summed E-state index contributed by atoms with van der Waals surface area (Å²) in [4.78, 5) is 8.91. The van der Waals surface area contributed by atoms with Gasteiger partial charge in [0, 0.05) is 5.56 Å². The van der Waals surface area contributed by atoms with Gasteiger partial charge in [0.1, 0.15) is 5.75 Å². The Balaban J connectivity index is 1.65. The quantitative estimate of drug-likeness (QED) is 0.569. The van der Waals surface area contributed by atoms with Gasteiger partial charge < -0.3 is 14.3 Å². The van der Waals surface area contributed by atoms with E-state index in [2.05, 4.69) is 16.9 Å². The lowest BCUT2D eigenvalue weighted by atomic mass is 9.96. The number of aromatic hydroxyl groups is 1. The van der Waals surface area contributed by atoms with Crippen LogP contribution in [0.1, 0.15) is 57.6 Å². The van der Waals surface area contributed by atoms with Gasteiger partial charge in [0.2, 0.25) is 5.89 Å². The molecule has 0 atom stereocenters. The maximum atomic E-state index is 9.97. The Morgan fingerprint density at radius 1 is 1.24 bits per heavy atom. The Bertz CT molecular complexity index is 685. The molecule has 5 nitrogen and oxygen atoms in total. The fourth-order valence-corrected chi connectivity index (χ4v) is 2.97. The Hall–Kier alpha value is -2.30. The van der Waals surface area contributed by atoms with E-state index in [0.717, 1.165) is 43.6 Å². The van der Waals surface area contributed by atoms with Gasteiger partial charge in [0.05, 0.1) is 18.9 Å². The van der Waals surface area contributed by atoms with Gasteiger partial charge in [-0.15, -0.1) is 0 Å². The fraction of sp³-hybridized carbons (Fsp3) is 0.500. The van der Waals surface area contributed by atoms with Gasteiger partial charge in [0.25, 0.3) is 0 Å². The summed E-state index contributed by atoms with van der Waals surface area (Å²) >= 11 is 0. The first-order chi connectivity index (χ1) is 12.3. The van der Waals surface area contributed by atoms with E-state index < -0.39 is 0 Å². The molecule has 0 unspecified atom stereocenters. The van der Waals surface area contributed by atoms with E-state index in [9.17, 15) is 5.11 Å². The highest BCUT2D eigenvalue weighted by molar-refractivity contribution is 5.80. The normalized spacial score (nSPS) is 15.7. The minimum Gasteiger partial charge on any atom is -0.494 e. The van der Waals surface area contributed by atoms with Crippen LogP contribution in [0.25, 0.3) is 11.5 Å². The minimum atomic E-state index is -0.183. The van der Waals surface area contributed by atoms with Gasteiger partial charge in [-0.3, -0.25) is 4.99 Å². The third-order valence-electron chi connectivity index (χ3n) is 4.48. The second kappa shape index (κ2) is 8.70. The van der Waals surface area contributed by atoms with Crippen molar-refractivity contribution in [2.24, 2.45) is 4.99 Å². The van der Waals surface area contributed by atoms with Crippen LogP contribution < -0.4 is 4.74 Å². The van der Waals surface area contributed by atoms with Crippen molar-refractivity contribution in [2.45, 2.75) is 57.9 Å². The van der Waals surface area contributed by atoms with Crippen molar-refractivity contribution in [2.75, 3.05) is 6.61 Å². The van der Waals surface area contributed by atoms with Gasteiger partial charge in [0.15, 0.2) is 5.69 Å². The standard InChI is InChI=1S/C20H26N2O3/c1-2-3-13-24-17-11-9-15(10-12-17)19-22-18(20(23)25-19)14-21-16-7-5-4-6-8-16/h9-12,14,16,23H,2-8,13H2,1H3. The second-order valence-electron chi connectivity index (χ2n) is 6.51. The summed E-state index contributed by atoms with van der Waals surface area (Å²) in [6.45, 7) is 2.86. The van der Waals surface area contributed by atoms with E-state index in [-0.39, 0.29) is 5.95 Å². The van der Waals surface area contributed by atoms with Crippen LogP contribution >= 0.6 is 0 Å². The summed E-state index contributed by atoms with van der Waals surface area (Å²) < 4.78 is 11.0. The van der Waals surface area contributed by atoms with Crippen molar-refractivity contribution in [1.29, 1.82) is 0 Å². The highest BCUT2D eigenvalue weighted by Crippen LogP contribution is 2.27. The zero-order valence-corrected chi connectivity index (χ0v) is 14.8. The molecule has 1 aromatic carbocycles. The average Bonchev–Trinajstić information content (AvgIpc) is 3.02. The van der Waals surface area contributed by atoms with Crippen molar-refractivity contribution >= 4 is 6.21 Å². The van der Waals surface area contributed by atoms with Crippen LogP contribution in [0.5, 0.6) is 11.7 Å². The molecule has 1 aliphatic rings. The lowest BCUT2D eigenvalue weighted by Crippen LogP contribution is -2.09. The van der Waals surface area contributed by atoms with Crippen LogP contribution in [0, 0.1) is 0 Å². The third kappa shape index (κ3) is 4.84. The first kappa shape index (κ1) is 17.5. The predicted octanol–water partition coefficient (Wildman–Crippen LogP) is 4.98. The molecule has 2 aromatic rings. The molecule has 0 radical (unpaired) electrons. The largest absolute Gasteiger partial charge is 0.494 e. The molecule has 1 aromatic heterocycles. The first-order valence-corrected chi connectivity index (χ1v) is 9.22. The lowest BCUT2D eigenvalue weighted by Gasteiger charge is -2.16. The first-order valence-electron chi connectivity index (χ1n) is 9.22. The van der Waals surface area contributed by atoms with E-state index in [1.54, 1.807) is 6.21 Å². The summed E-state index contributed by atoms with van der Waals surface area (Å²) in [7, 11) is 0. The number of benzene rings is 1. The Morgan fingerprint density at radius 3 is 2.72 bits per heavy atom. The van der Waals surface area contributed by atoms with Crippen molar-refractivity contribution in [3.05, 3.63) is 30.0 Å². The van der Waals surface area contributed by atoms with Crippen LogP contribution in [-0.4, -0.2) is 29.0 Å². The number of oxazole rings is 1. The molecule has 0 spiro atoms. The van der Waals surface area contributed by atoms with Crippen LogP contribution in [0.3, 0.4) is 0 Å². The van der Waals surface area contributed by atoms with E-state index in [4.69, 9.17) is 9.15 Å². The summed E-state index contributed by atoms with van der Waals surface area (Å²) in [6.07, 6.45) is 9.76. The van der Waals surface area contributed by atoms with Gasteiger partial charge in [-0.25, -0.2) is 4.98 Å². The molecule has 134 valence electrons. The highest BCUT2D eigenvalue weighted by atomic mass is 16.5. The zero-order valence-electron chi connectivity index (χ0n) is 14.8. The highest BCUT2D eigenvalue weighted by Gasteiger charge is 2.15. The molecule has 1 N–H and O–H groups in total. The number of aliphatic imine (C=N–C) groups is 1. The topological polar surface area (TPSA) is 67.9 Å². The smallest absolute Gasteiger partial charge is 0.312 e. The van der Waals surface area contributed by atoms with E-state index in [0.29, 0.717) is 17.6 Å². The molecular weight excluding hydrogens is 316 g/mol. The Morgan fingerprint density at radius 2 is 2.00 bits per heavy atom. The predicted molar refractivity (Wildman–Crippen MR) is 98.5 cm³/mol. The fourth-order valence-electron chi connectivity index (χ4n) is 2.97. The number of hydrogen-bond acceptors (Lipinski definition) is 5. The van der Waals surface area contributed by atoms with Gasteiger partial charge in [-0.1, -0.05) is 32.6 Å². The molecular formula is C20H26N2O3. The zero-order chi connectivity index (χ0) is 17.5. The maximum absolute atomic E-state index is 9.97. The molecule has 0 aliphatic heterocycles. The molecule has 1 saturated carbocycles. The molecule has 1 aliphatic carbocycles. The summed E-state index contributed by atoms with van der Waals surface area (Å²) in [5.74, 6) is 1.03. The molecule has 0 saturated heterocycles. The molecule has 0 amide bonds. The Labute approximate surface area is 148 Å². The van der Waals surface area contributed by atoms with Crippen LogP contribution in [0.2, 0.25) is 0 Å². The lowest BCUT2D eigenvalue weighted by molar-refractivity contribution is 0.309. The average molecular weight is 342 g/mol. The number of nitrogens with zero attached hydrogens (tertiary/aromatic N) is 2.